The van der Waals surface area contributed by atoms with Crippen LogP contribution < -0.4 is 0 Å². The fourth-order valence-electron chi connectivity index (χ4n) is 1.38. The molecule has 0 saturated heterocycles. The van der Waals surface area contributed by atoms with Crippen LogP contribution in [0, 0.1) is 0 Å². The lowest BCUT2D eigenvalue weighted by Crippen LogP contribution is -2.40. The van der Waals surface area contributed by atoms with E-state index in [1.54, 1.807) is 0 Å². The Labute approximate surface area is 70.2 Å². The van der Waals surface area contributed by atoms with Gasteiger partial charge in [-0.05, 0) is 26.4 Å². The number of likely N-dealkylation sites (N-methyl/N-ethyl adjacent to an activating group) is 1. The predicted molar refractivity (Wildman–Crippen MR) is 48.7 cm³/mol. The van der Waals surface area contributed by atoms with Gasteiger partial charge in [-0.2, -0.15) is 0 Å². The van der Waals surface area contributed by atoms with Crippen LogP contribution in [-0.4, -0.2) is 35.2 Å². The molecule has 0 aromatic carbocycles. The average Bonchev–Trinajstić information content (AvgIpc) is 2.05. The van der Waals surface area contributed by atoms with Crippen LogP contribution >= 0.6 is 0 Å². The van der Waals surface area contributed by atoms with Crippen LogP contribution in [0.25, 0.3) is 0 Å². The van der Waals surface area contributed by atoms with Gasteiger partial charge < -0.3 is 5.11 Å². The summed E-state index contributed by atoms with van der Waals surface area (Å²) in [5, 5.41) is 9.52. The minimum absolute atomic E-state index is 0.171. The Morgan fingerprint density at radius 3 is 1.91 bits per heavy atom. The van der Waals surface area contributed by atoms with E-state index in [1.807, 2.05) is 6.92 Å². The lowest BCUT2D eigenvalue weighted by Gasteiger charge is -2.29. The Balaban J connectivity index is 3.86. The summed E-state index contributed by atoms with van der Waals surface area (Å²) < 4.78 is 0. The van der Waals surface area contributed by atoms with Gasteiger partial charge in [0.05, 0.1) is 6.10 Å². The smallest absolute Gasteiger partial charge is 0.0690 e. The first-order chi connectivity index (χ1) is 5.17. The fourth-order valence-corrected chi connectivity index (χ4v) is 1.38. The van der Waals surface area contributed by atoms with Crippen molar-refractivity contribution in [3.63, 3.8) is 0 Å². The van der Waals surface area contributed by atoms with Crippen molar-refractivity contribution >= 4 is 0 Å². The van der Waals surface area contributed by atoms with Crippen molar-refractivity contribution in [3.8, 4) is 0 Å². The highest BCUT2D eigenvalue weighted by Gasteiger charge is 2.16. The van der Waals surface area contributed by atoms with Gasteiger partial charge >= 0.3 is 0 Å². The van der Waals surface area contributed by atoms with Gasteiger partial charge in [0.2, 0.25) is 0 Å². The minimum atomic E-state index is -0.171. The summed E-state index contributed by atoms with van der Waals surface area (Å²) in [4.78, 5) is 2.27. The van der Waals surface area contributed by atoms with Gasteiger partial charge in [0.25, 0.3) is 0 Å². The molecule has 0 aromatic rings. The third-order valence-corrected chi connectivity index (χ3v) is 2.36. The molecule has 11 heavy (non-hydrogen) atoms. The molecule has 0 aliphatic carbocycles. The number of aliphatic hydroxyl groups is 1. The maximum atomic E-state index is 9.52. The molecule has 0 aromatic heterocycles. The second-order valence-corrected chi connectivity index (χ2v) is 2.94. The molecular formula is C9H21NO. The van der Waals surface area contributed by atoms with Gasteiger partial charge in [-0.3, -0.25) is 4.90 Å². The van der Waals surface area contributed by atoms with Crippen LogP contribution in [0.15, 0.2) is 0 Å². The lowest BCUT2D eigenvalue weighted by molar-refractivity contribution is 0.0617. The zero-order valence-corrected chi connectivity index (χ0v) is 8.17. The summed E-state index contributed by atoms with van der Waals surface area (Å²) in [6.07, 6.45) is 0.674. The lowest BCUT2D eigenvalue weighted by atomic mass is 10.1. The Morgan fingerprint density at radius 1 is 1.18 bits per heavy atom. The standard InChI is InChI=1S/C9H21NO/c1-5-9(11)8(4)10(6-2)7-3/h8-9,11H,5-7H2,1-4H3/t8-,9-/m1/s1. The SMILES string of the molecule is CC[C@@H](O)[C@@H](C)N(CC)CC. The summed E-state index contributed by atoms with van der Waals surface area (Å²) in [6.45, 7) is 10.4. The van der Waals surface area contributed by atoms with Crippen molar-refractivity contribution in [1.29, 1.82) is 0 Å². The number of aliphatic hydroxyl groups excluding tert-OH is 1. The molecule has 0 radical (unpaired) electrons. The quantitative estimate of drug-likeness (QED) is 0.657. The van der Waals surface area contributed by atoms with Crippen LogP contribution in [0.5, 0.6) is 0 Å². The number of hydrogen-bond acceptors (Lipinski definition) is 2. The third kappa shape index (κ3) is 3.21. The molecule has 68 valence electrons. The van der Waals surface area contributed by atoms with E-state index in [-0.39, 0.29) is 6.10 Å². The van der Waals surface area contributed by atoms with Crippen LogP contribution in [0.1, 0.15) is 34.1 Å². The Morgan fingerprint density at radius 2 is 1.64 bits per heavy atom. The first-order valence-electron chi connectivity index (χ1n) is 4.59. The Hall–Kier alpha value is -0.0800. The first kappa shape index (κ1) is 10.9. The van der Waals surface area contributed by atoms with Gasteiger partial charge in [-0.1, -0.05) is 20.8 Å². The van der Waals surface area contributed by atoms with E-state index < -0.39 is 0 Å². The average molecular weight is 159 g/mol. The maximum absolute atomic E-state index is 9.52. The molecule has 0 bridgehead atoms. The summed E-state index contributed by atoms with van der Waals surface area (Å²) in [7, 11) is 0. The molecule has 2 nitrogen and oxygen atoms in total. The second-order valence-electron chi connectivity index (χ2n) is 2.94. The largest absolute Gasteiger partial charge is 0.392 e. The molecule has 2 atom stereocenters. The van der Waals surface area contributed by atoms with E-state index in [0.29, 0.717) is 6.04 Å². The molecule has 2 heteroatoms. The molecule has 0 aliphatic rings. The monoisotopic (exact) mass is 159 g/mol. The molecule has 0 spiro atoms. The molecule has 0 fully saturated rings. The van der Waals surface area contributed by atoms with Crippen molar-refractivity contribution in [2.75, 3.05) is 13.1 Å². The summed E-state index contributed by atoms with van der Waals surface area (Å²) >= 11 is 0. The summed E-state index contributed by atoms with van der Waals surface area (Å²) in [6, 6.07) is 0.301. The number of hydrogen-bond donors (Lipinski definition) is 1. The van der Waals surface area contributed by atoms with E-state index in [1.165, 1.54) is 0 Å². The normalized spacial score (nSPS) is 16.9. The van der Waals surface area contributed by atoms with E-state index >= 15 is 0 Å². The second kappa shape index (κ2) is 5.56. The molecule has 0 amide bonds. The molecule has 0 heterocycles. The topological polar surface area (TPSA) is 23.5 Å². The van der Waals surface area contributed by atoms with E-state index in [4.69, 9.17) is 0 Å². The van der Waals surface area contributed by atoms with E-state index in [9.17, 15) is 5.11 Å². The van der Waals surface area contributed by atoms with Crippen LogP contribution in [-0.2, 0) is 0 Å². The van der Waals surface area contributed by atoms with Gasteiger partial charge in [-0.15, -0.1) is 0 Å². The van der Waals surface area contributed by atoms with Gasteiger partial charge in [-0.25, -0.2) is 0 Å². The summed E-state index contributed by atoms with van der Waals surface area (Å²) in [5.41, 5.74) is 0. The van der Waals surface area contributed by atoms with Crippen LogP contribution in [0.3, 0.4) is 0 Å². The number of rotatable bonds is 5. The zero-order chi connectivity index (χ0) is 8.85. The minimum Gasteiger partial charge on any atom is -0.392 e. The number of nitrogens with zero attached hydrogens (tertiary/aromatic N) is 1. The highest BCUT2D eigenvalue weighted by molar-refractivity contribution is 4.71. The highest BCUT2D eigenvalue weighted by atomic mass is 16.3. The predicted octanol–water partition coefficient (Wildman–Crippen LogP) is 1.49. The molecule has 0 rings (SSSR count). The zero-order valence-electron chi connectivity index (χ0n) is 8.17. The van der Waals surface area contributed by atoms with Crippen LogP contribution in [0.2, 0.25) is 0 Å². The van der Waals surface area contributed by atoms with Crippen LogP contribution in [0.4, 0.5) is 0 Å². The third-order valence-electron chi connectivity index (χ3n) is 2.36. The molecule has 1 N–H and O–H groups in total. The Kier molecular flexibility index (Phi) is 5.51. The molecule has 0 saturated carbocycles. The van der Waals surface area contributed by atoms with Gasteiger partial charge in [0.15, 0.2) is 0 Å². The first-order valence-corrected chi connectivity index (χ1v) is 4.59. The van der Waals surface area contributed by atoms with Crippen molar-refractivity contribution in [3.05, 3.63) is 0 Å². The Bertz CT molecular complexity index is 91.6. The van der Waals surface area contributed by atoms with Crippen molar-refractivity contribution in [2.24, 2.45) is 0 Å². The molecular weight excluding hydrogens is 138 g/mol. The maximum Gasteiger partial charge on any atom is 0.0690 e. The van der Waals surface area contributed by atoms with E-state index in [2.05, 4.69) is 25.7 Å². The molecule has 0 aliphatic heterocycles. The van der Waals surface area contributed by atoms with Gasteiger partial charge in [0.1, 0.15) is 0 Å². The van der Waals surface area contributed by atoms with E-state index in [0.717, 1.165) is 19.5 Å². The summed E-state index contributed by atoms with van der Waals surface area (Å²) in [5.74, 6) is 0. The fraction of sp³-hybridized carbons (Fsp3) is 1.00. The highest BCUT2D eigenvalue weighted by Crippen LogP contribution is 2.06. The molecule has 0 unspecified atom stereocenters. The van der Waals surface area contributed by atoms with Gasteiger partial charge in [0, 0.05) is 6.04 Å². The van der Waals surface area contributed by atoms with Crippen molar-refractivity contribution < 1.29 is 5.11 Å². The van der Waals surface area contributed by atoms with Crippen molar-refractivity contribution in [2.45, 2.75) is 46.3 Å². The van der Waals surface area contributed by atoms with Crippen molar-refractivity contribution in [1.82, 2.24) is 4.90 Å².